The second-order valence-corrected chi connectivity index (χ2v) is 13.5. The minimum atomic E-state index is -2.13. The molecule has 3 aromatic rings. The molecule has 0 N–H and O–H groups in total. The Hall–Kier alpha value is -3.16. The topological polar surface area (TPSA) is 0 Å². The molecule has 0 fully saturated rings. The van der Waals surface area contributed by atoms with E-state index in [4.69, 9.17) is 0 Å². The first-order valence-corrected chi connectivity index (χ1v) is 13.7. The summed E-state index contributed by atoms with van der Waals surface area (Å²) < 4.78 is 0. The zero-order valence-electron chi connectivity index (χ0n) is 17.6. The van der Waals surface area contributed by atoms with E-state index in [0.717, 1.165) is 6.04 Å². The molecule has 3 aliphatic rings. The summed E-state index contributed by atoms with van der Waals surface area (Å²) in [6.07, 6.45) is 16.8. The average Bonchev–Trinajstić information content (AvgIpc) is 3.54. The fourth-order valence-corrected chi connectivity index (χ4v) is 12.7. The van der Waals surface area contributed by atoms with Crippen molar-refractivity contribution in [3.05, 3.63) is 137 Å². The van der Waals surface area contributed by atoms with Crippen molar-refractivity contribution in [2.45, 2.75) is 22.7 Å². The Kier molecular flexibility index (Phi) is 4.33. The van der Waals surface area contributed by atoms with E-state index in [0.29, 0.717) is 16.6 Å². The average molecular weight is 415 g/mol. The first-order valence-electron chi connectivity index (χ1n) is 11.3. The van der Waals surface area contributed by atoms with Crippen LogP contribution in [0.3, 0.4) is 0 Å². The quantitative estimate of drug-likeness (QED) is 0.297. The largest absolute Gasteiger partial charge is 0.103 e. The molecule has 0 saturated carbocycles. The van der Waals surface area contributed by atoms with Crippen molar-refractivity contribution in [1.82, 2.24) is 0 Å². The summed E-state index contributed by atoms with van der Waals surface area (Å²) in [6, 6.07) is 28.1. The number of rotatable bonds is 5. The van der Waals surface area contributed by atoms with Crippen LogP contribution in [0.2, 0.25) is 6.04 Å². The van der Waals surface area contributed by atoms with Gasteiger partial charge in [0, 0.05) is 16.6 Å². The van der Waals surface area contributed by atoms with Gasteiger partial charge in [-0.3, -0.25) is 0 Å². The molecule has 0 radical (unpaired) electrons. The van der Waals surface area contributed by atoms with Crippen LogP contribution < -0.4 is 0 Å². The monoisotopic (exact) mass is 414 g/mol. The molecule has 3 atom stereocenters. The Bertz CT molecular complexity index is 1110. The molecular formula is C30H26Si. The predicted octanol–water partition coefficient (Wildman–Crippen LogP) is 7.67. The Labute approximate surface area is 186 Å². The first kappa shape index (κ1) is 18.6. The van der Waals surface area contributed by atoms with Gasteiger partial charge >= 0.3 is 0 Å². The summed E-state index contributed by atoms with van der Waals surface area (Å²) in [5.41, 5.74) is 10.1. The highest BCUT2D eigenvalue weighted by Crippen LogP contribution is 2.56. The zero-order valence-corrected chi connectivity index (χ0v) is 18.6. The van der Waals surface area contributed by atoms with Crippen LogP contribution >= 0.6 is 0 Å². The van der Waals surface area contributed by atoms with Gasteiger partial charge in [0.2, 0.25) is 0 Å². The van der Waals surface area contributed by atoms with Crippen LogP contribution in [0.5, 0.6) is 0 Å². The highest BCUT2D eigenvalue weighted by molar-refractivity contribution is 6.86. The molecule has 1 heteroatoms. The number of hydrogen-bond acceptors (Lipinski definition) is 0. The third-order valence-electron chi connectivity index (χ3n) is 7.63. The van der Waals surface area contributed by atoms with Gasteiger partial charge in [-0.1, -0.05) is 115 Å². The highest BCUT2D eigenvalue weighted by atomic mass is 28.3. The molecule has 0 amide bonds. The standard InChI is InChI=1S/C30H26Si/c1-2-21-31(28-18-15-22-9-3-6-12-25(22)28,29-19-16-23-10-4-7-13-26(23)29)30-20-17-24-11-5-8-14-27(24)30/h2-20,28-30H,1,21H2/t28-,29-,30-/m0/s1. The van der Waals surface area contributed by atoms with Crippen LogP contribution in [0.4, 0.5) is 0 Å². The summed E-state index contributed by atoms with van der Waals surface area (Å²) in [7, 11) is -2.13. The number of benzene rings is 3. The number of hydrogen-bond donors (Lipinski definition) is 0. The third kappa shape index (κ3) is 2.66. The van der Waals surface area contributed by atoms with Gasteiger partial charge in [0.25, 0.3) is 0 Å². The molecule has 150 valence electrons. The lowest BCUT2D eigenvalue weighted by Crippen LogP contribution is -2.51. The van der Waals surface area contributed by atoms with Gasteiger partial charge in [0.15, 0.2) is 0 Å². The van der Waals surface area contributed by atoms with Crippen LogP contribution in [0, 0.1) is 0 Å². The fraction of sp³-hybridized carbons (Fsp3) is 0.133. The number of allylic oxidation sites excluding steroid dienone is 4. The molecule has 0 bridgehead atoms. The van der Waals surface area contributed by atoms with Crippen molar-refractivity contribution in [3.63, 3.8) is 0 Å². The van der Waals surface area contributed by atoms with Crippen LogP contribution in [0.25, 0.3) is 18.2 Å². The Balaban J connectivity index is 1.62. The van der Waals surface area contributed by atoms with E-state index in [9.17, 15) is 0 Å². The molecular weight excluding hydrogens is 388 g/mol. The summed E-state index contributed by atoms with van der Waals surface area (Å²) in [4.78, 5) is 0. The lowest BCUT2D eigenvalue weighted by Gasteiger charge is -2.46. The maximum atomic E-state index is 4.29. The fourth-order valence-electron chi connectivity index (χ4n) is 6.37. The lowest BCUT2D eigenvalue weighted by atomic mass is 10.1. The molecule has 0 saturated heterocycles. The molecule has 3 aliphatic carbocycles. The number of fused-ring (bicyclic) bond motifs is 3. The second kappa shape index (κ2) is 7.21. The maximum Gasteiger partial charge on any atom is 0.0923 e. The van der Waals surface area contributed by atoms with Crippen molar-refractivity contribution in [1.29, 1.82) is 0 Å². The lowest BCUT2D eigenvalue weighted by molar-refractivity contribution is 0.940. The summed E-state index contributed by atoms with van der Waals surface area (Å²) in [5.74, 6) is 0. The van der Waals surface area contributed by atoms with Crippen LogP contribution in [-0.4, -0.2) is 8.07 Å². The van der Waals surface area contributed by atoms with Gasteiger partial charge in [0.1, 0.15) is 0 Å². The molecule has 0 aliphatic heterocycles. The summed E-state index contributed by atoms with van der Waals surface area (Å²) in [5, 5.41) is 0. The third-order valence-corrected chi connectivity index (χ3v) is 13.6. The van der Waals surface area contributed by atoms with Crippen LogP contribution in [0.1, 0.15) is 50.0 Å². The molecule has 0 unspecified atom stereocenters. The van der Waals surface area contributed by atoms with E-state index < -0.39 is 8.07 Å². The van der Waals surface area contributed by atoms with Crippen molar-refractivity contribution >= 4 is 26.3 Å². The molecule has 6 rings (SSSR count). The highest BCUT2D eigenvalue weighted by Gasteiger charge is 2.54. The van der Waals surface area contributed by atoms with Gasteiger partial charge in [-0.15, -0.1) is 6.58 Å². The minimum absolute atomic E-state index is 0.461. The van der Waals surface area contributed by atoms with Crippen LogP contribution in [-0.2, 0) is 0 Å². The van der Waals surface area contributed by atoms with Crippen molar-refractivity contribution in [2.24, 2.45) is 0 Å². The first-order chi connectivity index (χ1) is 15.3. The van der Waals surface area contributed by atoms with Gasteiger partial charge in [0.05, 0.1) is 8.07 Å². The molecule has 0 heterocycles. The molecule has 0 spiro atoms. The van der Waals surface area contributed by atoms with Gasteiger partial charge in [-0.05, 0) is 39.4 Å². The zero-order chi connectivity index (χ0) is 20.8. The van der Waals surface area contributed by atoms with E-state index in [-0.39, 0.29) is 0 Å². The Morgan fingerprint density at radius 3 is 1.29 bits per heavy atom. The molecule has 0 aromatic heterocycles. The van der Waals surface area contributed by atoms with Crippen LogP contribution in [0.15, 0.2) is 104 Å². The normalized spacial score (nSPS) is 22.4. The second-order valence-electron chi connectivity index (χ2n) is 9.00. The van der Waals surface area contributed by atoms with Gasteiger partial charge in [-0.25, -0.2) is 0 Å². The minimum Gasteiger partial charge on any atom is -0.103 e. The van der Waals surface area contributed by atoms with Crippen molar-refractivity contribution in [3.8, 4) is 0 Å². The van der Waals surface area contributed by atoms with E-state index in [1.54, 1.807) is 0 Å². The van der Waals surface area contributed by atoms with E-state index in [1.165, 1.54) is 33.4 Å². The predicted molar refractivity (Wildman–Crippen MR) is 135 cm³/mol. The Morgan fingerprint density at radius 1 is 0.581 bits per heavy atom. The summed E-state index contributed by atoms with van der Waals surface area (Å²) in [6.45, 7) is 4.29. The smallest absolute Gasteiger partial charge is 0.0923 e. The SMILES string of the molecule is C=CC[Si]([C@H]1C=Cc2ccccc21)([C@H]1C=Cc2ccccc21)[C@H]1C=Cc2ccccc21. The molecule has 31 heavy (non-hydrogen) atoms. The van der Waals surface area contributed by atoms with Gasteiger partial charge in [-0.2, -0.15) is 0 Å². The molecule has 3 aromatic carbocycles. The summed E-state index contributed by atoms with van der Waals surface area (Å²) >= 11 is 0. The van der Waals surface area contributed by atoms with Crippen molar-refractivity contribution in [2.75, 3.05) is 0 Å². The van der Waals surface area contributed by atoms with Gasteiger partial charge < -0.3 is 0 Å². The Morgan fingerprint density at radius 2 is 0.935 bits per heavy atom. The van der Waals surface area contributed by atoms with E-state index in [2.05, 4.69) is 122 Å². The maximum absolute atomic E-state index is 4.29. The van der Waals surface area contributed by atoms with Crippen molar-refractivity contribution < 1.29 is 0 Å². The van der Waals surface area contributed by atoms with E-state index in [1.807, 2.05) is 0 Å². The van der Waals surface area contributed by atoms with E-state index >= 15 is 0 Å². The molecule has 0 nitrogen and oxygen atoms in total.